The van der Waals surface area contributed by atoms with Gasteiger partial charge in [-0.05, 0) is 55.4 Å². The minimum absolute atomic E-state index is 0.0482. The van der Waals surface area contributed by atoms with Crippen molar-refractivity contribution < 1.29 is 13.2 Å². The van der Waals surface area contributed by atoms with E-state index in [4.69, 9.17) is 11.6 Å². The zero-order chi connectivity index (χ0) is 21.6. The number of carbonyl (C=O) groups is 1. The normalized spacial score (nSPS) is 16.1. The van der Waals surface area contributed by atoms with Crippen molar-refractivity contribution in [2.75, 3.05) is 33.2 Å². The van der Waals surface area contributed by atoms with Gasteiger partial charge in [-0.15, -0.1) is 11.3 Å². The van der Waals surface area contributed by atoms with Crippen molar-refractivity contribution in [2.45, 2.75) is 35.9 Å². The Hall–Kier alpha value is -1.45. The fourth-order valence-corrected chi connectivity index (χ4v) is 6.35. The van der Waals surface area contributed by atoms with Crippen LogP contribution in [0.5, 0.6) is 0 Å². The summed E-state index contributed by atoms with van der Waals surface area (Å²) in [4.78, 5) is 14.8. The van der Waals surface area contributed by atoms with Gasteiger partial charge in [0.15, 0.2) is 0 Å². The molecule has 1 aliphatic heterocycles. The maximum absolute atomic E-state index is 12.4. The van der Waals surface area contributed by atoms with Gasteiger partial charge in [0.25, 0.3) is 10.0 Å². The predicted octanol–water partition coefficient (Wildman–Crippen LogP) is 3.76. The number of thiophene rings is 1. The first-order valence-electron chi connectivity index (χ1n) is 10.1. The number of hydrogen-bond acceptors (Lipinski definition) is 5. The Morgan fingerprint density at radius 3 is 2.63 bits per heavy atom. The highest BCUT2D eigenvalue weighted by atomic mass is 35.5. The first-order valence-corrected chi connectivity index (χ1v) is 12.8. The molecule has 9 heteroatoms. The smallest absolute Gasteiger partial charge is 0.252 e. The molecule has 2 aromatic rings. The second-order valence-electron chi connectivity index (χ2n) is 7.45. The number of nitrogens with one attached hydrogen (secondary N) is 1. The van der Waals surface area contributed by atoms with Crippen molar-refractivity contribution in [3.05, 3.63) is 52.4 Å². The molecule has 3 rings (SSSR count). The van der Waals surface area contributed by atoms with E-state index in [0.717, 1.165) is 31.5 Å². The fraction of sp³-hybridized carbons (Fsp3) is 0.476. The Morgan fingerprint density at radius 2 is 1.97 bits per heavy atom. The topological polar surface area (TPSA) is 69.7 Å². The van der Waals surface area contributed by atoms with Gasteiger partial charge in [-0.3, -0.25) is 9.69 Å². The summed E-state index contributed by atoms with van der Waals surface area (Å²) < 4.78 is 26.5. The van der Waals surface area contributed by atoms with Crippen LogP contribution in [-0.4, -0.2) is 56.8 Å². The van der Waals surface area contributed by atoms with Gasteiger partial charge in [0.2, 0.25) is 5.91 Å². The molecule has 6 nitrogen and oxygen atoms in total. The minimum Gasteiger partial charge on any atom is -0.354 e. The molecule has 0 spiro atoms. The van der Waals surface area contributed by atoms with Crippen LogP contribution in [0.3, 0.4) is 0 Å². The summed E-state index contributed by atoms with van der Waals surface area (Å²) in [7, 11) is -1.92. The molecular weight excluding hydrogens is 442 g/mol. The van der Waals surface area contributed by atoms with E-state index in [0.29, 0.717) is 28.7 Å². The third-order valence-corrected chi connectivity index (χ3v) is 8.95. The molecule has 2 heterocycles. The molecule has 0 bridgehead atoms. The number of carbonyl (C=O) groups excluding carboxylic acids is 1. The van der Waals surface area contributed by atoms with Crippen LogP contribution in [0.1, 0.15) is 37.3 Å². The van der Waals surface area contributed by atoms with Crippen molar-refractivity contribution in [3.63, 3.8) is 0 Å². The summed E-state index contributed by atoms with van der Waals surface area (Å²) in [5, 5.41) is 5.47. The van der Waals surface area contributed by atoms with E-state index in [-0.39, 0.29) is 18.4 Å². The molecule has 1 aliphatic rings. The van der Waals surface area contributed by atoms with Crippen LogP contribution in [-0.2, 0) is 14.8 Å². The van der Waals surface area contributed by atoms with Gasteiger partial charge >= 0.3 is 0 Å². The first kappa shape index (κ1) is 23.2. The third kappa shape index (κ3) is 5.82. The van der Waals surface area contributed by atoms with Crippen molar-refractivity contribution >= 4 is 38.9 Å². The zero-order valence-electron chi connectivity index (χ0n) is 17.1. The van der Waals surface area contributed by atoms with E-state index in [1.54, 1.807) is 24.6 Å². The van der Waals surface area contributed by atoms with Crippen LogP contribution < -0.4 is 5.32 Å². The number of sulfonamides is 1. The molecule has 1 saturated heterocycles. The van der Waals surface area contributed by atoms with E-state index >= 15 is 0 Å². The minimum atomic E-state index is -3.47. The molecule has 1 amide bonds. The first-order chi connectivity index (χ1) is 14.4. The molecule has 30 heavy (non-hydrogen) atoms. The van der Waals surface area contributed by atoms with Crippen molar-refractivity contribution in [1.82, 2.24) is 14.5 Å². The Morgan fingerprint density at radius 1 is 1.23 bits per heavy atom. The van der Waals surface area contributed by atoms with Crippen LogP contribution in [0, 0.1) is 0 Å². The Bertz CT molecular complexity index is 929. The maximum Gasteiger partial charge on any atom is 0.252 e. The molecule has 1 aromatic carbocycles. The number of nitrogens with zero attached hydrogens (tertiary/aromatic N) is 2. The molecule has 0 aliphatic carbocycles. The van der Waals surface area contributed by atoms with Gasteiger partial charge in [0, 0.05) is 31.6 Å². The van der Waals surface area contributed by atoms with Gasteiger partial charge in [-0.2, -0.15) is 0 Å². The molecule has 1 N–H and O–H groups in total. The van der Waals surface area contributed by atoms with Gasteiger partial charge in [-0.25, -0.2) is 12.7 Å². The lowest BCUT2D eigenvalue weighted by Gasteiger charge is -2.29. The molecule has 1 fully saturated rings. The van der Waals surface area contributed by atoms with Crippen LogP contribution in [0.15, 0.2) is 46.0 Å². The number of amides is 1. The molecule has 1 atom stereocenters. The summed E-state index contributed by atoms with van der Waals surface area (Å²) in [6.45, 7) is 2.79. The lowest BCUT2D eigenvalue weighted by molar-refractivity contribution is -0.121. The molecule has 0 saturated carbocycles. The standard InChI is InChI=1S/C21H28ClN3O3S2/c1-24(30(27,28)21-11-7-15-29-21)12-6-10-20(26)23-16-19(25-13-4-5-14-25)17-8-2-3-9-18(17)22/h2-3,7-9,11,15,19H,4-6,10,12-14,16H2,1H3,(H,23,26). The third-order valence-electron chi connectivity index (χ3n) is 5.37. The predicted molar refractivity (Wildman–Crippen MR) is 121 cm³/mol. The highest BCUT2D eigenvalue weighted by Crippen LogP contribution is 2.29. The second-order valence-corrected chi connectivity index (χ2v) is 11.1. The average molecular weight is 470 g/mol. The monoisotopic (exact) mass is 469 g/mol. The average Bonchev–Trinajstić information content (AvgIpc) is 3.44. The van der Waals surface area contributed by atoms with Gasteiger partial charge < -0.3 is 5.32 Å². The van der Waals surface area contributed by atoms with E-state index in [2.05, 4.69) is 10.2 Å². The molecule has 1 unspecified atom stereocenters. The van der Waals surface area contributed by atoms with E-state index in [1.165, 1.54) is 15.6 Å². The summed E-state index contributed by atoms with van der Waals surface area (Å²) in [6, 6.07) is 11.1. The number of halogens is 1. The number of benzene rings is 1. The highest BCUT2D eigenvalue weighted by Gasteiger charge is 2.26. The quantitative estimate of drug-likeness (QED) is 0.575. The van der Waals surface area contributed by atoms with Crippen molar-refractivity contribution in [2.24, 2.45) is 0 Å². The van der Waals surface area contributed by atoms with Crippen molar-refractivity contribution in [3.8, 4) is 0 Å². The van der Waals surface area contributed by atoms with Crippen LogP contribution in [0.2, 0.25) is 5.02 Å². The van der Waals surface area contributed by atoms with Crippen LogP contribution in [0.25, 0.3) is 0 Å². The second kappa shape index (κ2) is 10.7. The number of likely N-dealkylation sites (tertiary alicyclic amines) is 1. The van der Waals surface area contributed by atoms with Crippen LogP contribution in [0.4, 0.5) is 0 Å². The summed E-state index contributed by atoms with van der Waals surface area (Å²) >= 11 is 7.61. The lowest BCUT2D eigenvalue weighted by atomic mass is 10.1. The Balaban J connectivity index is 1.50. The maximum atomic E-state index is 12.4. The number of rotatable bonds is 10. The molecule has 1 aromatic heterocycles. The lowest BCUT2D eigenvalue weighted by Crippen LogP contribution is -2.37. The highest BCUT2D eigenvalue weighted by molar-refractivity contribution is 7.91. The largest absolute Gasteiger partial charge is 0.354 e. The summed E-state index contributed by atoms with van der Waals surface area (Å²) in [5.74, 6) is -0.0758. The van der Waals surface area contributed by atoms with Gasteiger partial charge in [0.05, 0.1) is 6.04 Å². The zero-order valence-corrected chi connectivity index (χ0v) is 19.5. The van der Waals surface area contributed by atoms with Gasteiger partial charge in [-0.1, -0.05) is 35.9 Å². The van der Waals surface area contributed by atoms with Gasteiger partial charge in [0.1, 0.15) is 4.21 Å². The summed E-state index contributed by atoms with van der Waals surface area (Å²) in [6.07, 6.45) is 3.05. The Labute approximate surface area is 187 Å². The Kier molecular flexibility index (Phi) is 8.30. The van der Waals surface area contributed by atoms with Crippen LogP contribution >= 0.6 is 22.9 Å². The van der Waals surface area contributed by atoms with E-state index in [9.17, 15) is 13.2 Å². The van der Waals surface area contributed by atoms with E-state index < -0.39 is 10.0 Å². The van der Waals surface area contributed by atoms with Crippen molar-refractivity contribution in [1.29, 1.82) is 0 Å². The molecule has 164 valence electrons. The molecular formula is C21H28ClN3O3S2. The fourth-order valence-electron chi connectivity index (χ4n) is 3.68. The number of hydrogen-bond donors (Lipinski definition) is 1. The van der Waals surface area contributed by atoms with E-state index in [1.807, 2.05) is 24.3 Å². The SMILES string of the molecule is CN(CCCC(=O)NCC(c1ccccc1Cl)N1CCCC1)S(=O)(=O)c1cccs1. The molecule has 0 radical (unpaired) electrons. The summed E-state index contributed by atoms with van der Waals surface area (Å²) in [5.41, 5.74) is 1.03.